The van der Waals surface area contributed by atoms with Crippen LogP contribution in [0.15, 0.2) is 96.1 Å². The Labute approximate surface area is 523 Å². The minimum absolute atomic E-state index is 0. The topological polar surface area (TPSA) is 18.5 Å². The highest BCUT2D eigenvalue weighted by molar-refractivity contribution is 5.25. The van der Waals surface area contributed by atoms with Gasteiger partial charge >= 0.3 is 0 Å². The Bertz CT molecular complexity index is 2000. The summed E-state index contributed by atoms with van der Waals surface area (Å²) in [5.41, 5.74) is 9.89. The Hall–Kier alpha value is -4.00. The summed E-state index contributed by atoms with van der Waals surface area (Å²) in [7, 11) is 0. The predicted octanol–water partition coefficient (Wildman–Crippen LogP) is 26.8. The number of allylic oxidation sites excluding steroid dienone is 4. The molecule has 0 bridgehead atoms. The number of hydrogen-bond donors (Lipinski definition) is 0. The van der Waals surface area contributed by atoms with E-state index in [0.717, 1.165) is 59.8 Å². The number of hydrogen-bond acceptors (Lipinski definition) is 2. The van der Waals surface area contributed by atoms with E-state index in [4.69, 9.17) is 9.47 Å². The molecule has 2 aliphatic heterocycles. The quantitative estimate of drug-likeness (QED) is 0.129. The van der Waals surface area contributed by atoms with E-state index in [1.165, 1.54) is 127 Å². The summed E-state index contributed by atoms with van der Waals surface area (Å²) in [6.07, 6.45) is 25.0. The molecule has 0 aromatic heterocycles. The highest BCUT2D eigenvalue weighted by Crippen LogP contribution is 2.27. The molecule has 6 atom stereocenters. The lowest BCUT2D eigenvalue weighted by Gasteiger charge is -2.23. The van der Waals surface area contributed by atoms with Crippen molar-refractivity contribution in [1.29, 1.82) is 0 Å². The fourth-order valence-electron chi connectivity index (χ4n) is 8.42. The normalized spacial score (nSPS) is 21.2. The molecule has 84 heavy (non-hydrogen) atoms. The van der Waals surface area contributed by atoms with Crippen LogP contribution >= 0.6 is 0 Å². The molecule has 4 aromatic carbocycles. The van der Waals surface area contributed by atoms with Crippen LogP contribution in [0.4, 0.5) is 17.6 Å². The molecule has 5 aliphatic rings. The molecule has 0 amide bonds. The maximum Gasteiger partial charge on any atom is 0.161 e. The Morgan fingerprint density at radius 3 is 0.774 bits per heavy atom. The summed E-state index contributed by atoms with van der Waals surface area (Å²) in [6, 6.07) is 22.0. The lowest BCUT2D eigenvalue weighted by Crippen LogP contribution is -2.21. The van der Waals surface area contributed by atoms with E-state index in [-0.39, 0.29) is 71.0 Å². The zero-order valence-electron chi connectivity index (χ0n) is 51.3. The van der Waals surface area contributed by atoms with Gasteiger partial charge in [-0.1, -0.05) is 222 Å². The van der Waals surface area contributed by atoms with Crippen LogP contribution in [0.2, 0.25) is 0 Å². The van der Waals surface area contributed by atoms with Gasteiger partial charge in [0.15, 0.2) is 11.6 Å². The van der Waals surface area contributed by atoms with Gasteiger partial charge in [-0.25, -0.2) is 17.6 Å². The molecule has 0 spiro atoms. The van der Waals surface area contributed by atoms with Gasteiger partial charge in [0.05, 0.1) is 12.2 Å². The van der Waals surface area contributed by atoms with Crippen molar-refractivity contribution < 1.29 is 27.0 Å². The predicted molar refractivity (Wildman–Crippen MR) is 375 cm³/mol. The lowest BCUT2D eigenvalue weighted by atomic mass is 9.84. The molecular weight excluding hydrogens is 1040 g/mol. The van der Waals surface area contributed by atoms with Crippen LogP contribution in [0.1, 0.15) is 263 Å². The molecular formula is C78H140F4O2. The van der Waals surface area contributed by atoms with Crippen molar-refractivity contribution in [3.63, 3.8) is 0 Å². The molecule has 2 saturated heterocycles. The van der Waals surface area contributed by atoms with Crippen molar-refractivity contribution in [2.45, 2.75) is 286 Å². The van der Waals surface area contributed by atoms with Gasteiger partial charge in [-0.2, -0.15) is 0 Å². The molecule has 492 valence electrons. The number of aryl methyl sites for hydroxylation is 8. The van der Waals surface area contributed by atoms with Crippen molar-refractivity contribution >= 4 is 0 Å². The van der Waals surface area contributed by atoms with Crippen LogP contribution in [-0.4, -0.2) is 25.4 Å². The first kappa shape index (κ1) is 96.3. The molecule has 6 unspecified atom stereocenters. The van der Waals surface area contributed by atoms with Gasteiger partial charge in [-0.05, 0) is 228 Å². The van der Waals surface area contributed by atoms with Crippen molar-refractivity contribution in [2.75, 3.05) is 13.2 Å². The van der Waals surface area contributed by atoms with Gasteiger partial charge in [0, 0.05) is 13.2 Å². The minimum Gasteiger partial charge on any atom is -0.378 e. The van der Waals surface area contributed by atoms with Gasteiger partial charge in [0.1, 0.15) is 11.6 Å². The summed E-state index contributed by atoms with van der Waals surface area (Å²) in [5.74, 6) is 3.82. The third kappa shape index (κ3) is 47.2. The summed E-state index contributed by atoms with van der Waals surface area (Å²) in [6.45, 7) is 39.1. The Morgan fingerprint density at radius 1 is 0.310 bits per heavy atom. The van der Waals surface area contributed by atoms with Gasteiger partial charge in [0.2, 0.25) is 0 Å². The summed E-state index contributed by atoms with van der Waals surface area (Å²) < 4.78 is 61.2. The first-order chi connectivity index (χ1) is 35.7. The standard InChI is InChI=1S/C8H8F2.2C8H9F.C8H16.2C8H14.C8H10.2C7H14O.8CH4/c1-5-3-4-6(2)8(10)7(5)9;2*1-6-3-4-7(2)8(9)5-6;4*1-7-3-5-8(2)6-4-7;2*1-6-3-4-7(2)8-5-6;;;;;;;;/h3-4H,1-2H3;2*3-5H,1-2H3;7-8H,3-6H2,1-2H3;2*3,8H,4-6H2,1-2H3;3-6H,1-2H3;2*6-7H,3-5H2,1-2H3;8*1H4. The highest BCUT2D eigenvalue weighted by Gasteiger charge is 2.15. The summed E-state index contributed by atoms with van der Waals surface area (Å²) in [5, 5.41) is 0. The smallest absolute Gasteiger partial charge is 0.161 e. The highest BCUT2D eigenvalue weighted by atomic mass is 19.2. The van der Waals surface area contributed by atoms with E-state index >= 15 is 0 Å². The van der Waals surface area contributed by atoms with E-state index < -0.39 is 11.6 Å². The molecule has 0 radical (unpaired) electrons. The van der Waals surface area contributed by atoms with Gasteiger partial charge < -0.3 is 9.47 Å². The molecule has 2 nitrogen and oxygen atoms in total. The number of halogens is 4. The maximum atomic E-state index is 12.6. The molecule has 0 N–H and O–H groups in total. The van der Waals surface area contributed by atoms with Crippen LogP contribution in [0.3, 0.4) is 0 Å². The molecule has 2 heterocycles. The second-order valence-electron chi connectivity index (χ2n) is 23.9. The molecule has 9 rings (SSSR count). The molecule has 6 heteroatoms. The largest absolute Gasteiger partial charge is 0.378 e. The third-order valence-corrected chi connectivity index (χ3v) is 14.9. The third-order valence-electron chi connectivity index (χ3n) is 14.9. The Balaban J connectivity index is -0.000000128. The number of rotatable bonds is 0. The molecule has 4 aromatic rings. The van der Waals surface area contributed by atoms with Gasteiger partial charge in [0.25, 0.3) is 0 Å². The zero-order chi connectivity index (χ0) is 57.3. The van der Waals surface area contributed by atoms with Crippen molar-refractivity contribution in [2.24, 2.45) is 35.5 Å². The van der Waals surface area contributed by atoms with Crippen LogP contribution in [0.25, 0.3) is 0 Å². The van der Waals surface area contributed by atoms with E-state index in [9.17, 15) is 17.6 Å². The average molecular weight is 1190 g/mol. The van der Waals surface area contributed by atoms with Gasteiger partial charge in [-0.15, -0.1) is 0 Å². The zero-order valence-corrected chi connectivity index (χ0v) is 51.3. The van der Waals surface area contributed by atoms with Crippen LogP contribution in [0, 0.1) is 114 Å². The first-order valence-electron chi connectivity index (χ1n) is 29.2. The second-order valence-corrected chi connectivity index (χ2v) is 23.9. The summed E-state index contributed by atoms with van der Waals surface area (Å²) >= 11 is 0. The minimum atomic E-state index is -0.736. The number of benzene rings is 4. The Kier molecular flexibility index (Phi) is 62.4. The fraction of sp³-hybridized carbons (Fsp3) is 0.641. The van der Waals surface area contributed by atoms with E-state index in [1.807, 2.05) is 26.0 Å². The van der Waals surface area contributed by atoms with Crippen LogP contribution in [-0.2, 0) is 9.47 Å². The van der Waals surface area contributed by atoms with Crippen LogP contribution < -0.4 is 0 Å². The van der Waals surface area contributed by atoms with Crippen molar-refractivity contribution in [1.82, 2.24) is 0 Å². The van der Waals surface area contributed by atoms with Crippen molar-refractivity contribution in [3.05, 3.63) is 164 Å². The summed E-state index contributed by atoms with van der Waals surface area (Å²) in [4.78, 5) is 0. The van der Waals surface area contributed by atoms with Gasteiger partial charge in [-0.3, -0.25) is 0 Å². The van der Waals surface area contributed by atoms with Crippen molar-refractivity contribution in [3.8, 4) is 0 Å². The van der Waals surface area contributed by atoms with E-state index in [2.05, 4.69) is 120 Å². The van der Waals surface area contributed by atoms with E-state index in [0.29, 0.717) is 34.5 Å². The lowest BCUT2D eigenvalue weighted by molar-refractivity contribution is 0.000174. The maximum absolute atomic E-state index is 12.6. The Morgan fingerprint density at radius 2 is 0.571 bits per heavy atom. The second kappa shape index (κ2) is 54.4. The molecule has 1 saturated carbocycles. The fourth-order valence-corrected chi connectivity index (χ4v) is 8.42. The molecule has 3 aliphatic carbocycles. The first-order valence-corrected chi connectivity index (χ1v) is 29.2. The SMILES string of the molecule is C.C.C.C.C.C.C.C.CC1=CCC(C)CC1.CC1=CCC(C)CC1.CC1CCC(C)CC1.CC1CCC(C)OC1.CC1CCC(C)OC1.Cc1ccc(C)c(F)c1.Cc1ccc(C)c(F)c1.Cc1ccc(C)c(F)c1F.Cc1ccc(C)cc1. The molecule has 3 fully saturated rings. The van der Waals surface area contributed by atoms with Crippen LogP contribution in [0.5, 0.6) is 0 Å². The monoisotopic (exact) mass is 1190 g/mol. The number of ether oxygens (including phenoxy) is 2. The average Bonchev–Trinajstić information content (AvgIpc) is 3.39. The van der Waals surface area contributed by atoms with E-state index in [1.54, 1.807) is 49.3 Å².